The first kappa shape index (κ1) is 14.3. The Morgan fingerprint density at radius 3 is 2.57 bits per heavy atom. The van der Waals surface area contributed by atoms with Gasteiger partial charge in [0.1, 0.15) is 11.9 Å². The Hall–Kier alpha value is -1.69. The highest BCUT2D eigenvalue weighted by atomic mass is 16.4. The van der Waals surface area contributed by atoms with Gasteiger partial charge >= 0.3 is 5.97 Å². The molecule has 1 unspecified atom stereocenters. The molecule has 0 radical (unpaired) electrons. The Kier molecular flexibility index (Phi) is 4.05. The largest absolute Gasteiger partial charge is 0.480 e. The van der Waals surface area contributed by atoms with Crippen LogP contribution in [-0.2, 0) is 4.79 Å². The van der Waals surface area contributed by atoms with E-state index in [0.29, 0.717) is 6.04 Å². The summed E-state index contributed by atoms with van der Waals surface area (Å²) >= 11 is 0. The van der Waals surface area contributed by atoms with Crippen molar-refractivity contribution in [2.24, 2.45) is 0 Å². The van der Waals surface area contributed by atoms with Crippen LogP contribution in [0.25, 0.3) is 0 Å². The molecule has 2 aliphatic rings. The lowest BCUT2D eigenvalue weighted by Gasteiger charge is -2.39. The van der Waals surface area contributed by atoms with Gasteiger partial charge in [-0.05, 0) is 39.2 Å². The fraction of sp³-hybridized carbons (Fsp3) is 0.667. The number of carboxylic acid groups (broad SMARTS) is 1. The topological polar surface area (TPSA) is 69.6 Å². The number of hydrogen-bond acceptors (Lipinski definition) is 5. The third-order valence-corrected chi connectivity index (χ3v) is 4.67. The average molecular weight is 290 g/mol. The number of aliphatic carboxylic acids is 1. The van der Waals surface area contributed by atoms with Crippen molar-refractivity contribution < 1.29 is 9.90 Å². The Morgan fingerprint density at radius 2 is 1.90 bits per heavy atom. The number of hydrogen-bond donors (Lipinski definition) is 1. The SMILES string of the molecule is Cc1nccnc1N1CCC(N2CCCC2C(=O)O)CC1. The first-order chi connectivity index (χ1) is 10.2. The number of aryl methyl sites for hydroxylation is 1. The summed E-state index contributed by atoms with van der Waals surface area (Å²) in [6.07, 6.45) is 7.24. The highest BCUT2D eigenvalue weighted by molar-refractivity contribution is 5.73. The second-order valence-corrected chi connectivity index (χ2v) is 5.92. The van der Waals surface area contributed by atoms with Crippen LogP contribution in [0.2, 0.25) is 0 Å². The van der Waals surface area contributed by atoms with E-state index < -0.39 is 5.97 Å². The predicted molar refractivity (Wildman–Crippen MR) is 79.4 cm³/mol. The Balaban J connectivity index is 1.63. The lowest BCUT2D eigenvalue weighted by Crippen LogP contribution is -2.49. The molecule has 6 heteroatoms. The maximum Gasteiger partial charge on any atom is 0.320 e. The van der Waals surface area contributed by atoms with E-state index in [1.807, 2.05) is 6.92 Å². The van der Waals surface area contributed by atoms with Gasteiger partial charge in [0.05, 0.1) is 5.69 Å². The van der Waals surface area contributed by atoms with Gasteiger partial charge in [0, 0.05) is 31.5 Å². The summed E-state index contributed by atoms with van der Waals surface area (Å²) in [5.74, 6) is 0.298. The van der Waals surface area contributed by atoms with Crippen LogP contribution in [0.15, 0.2) is 12.4 Å². The second-order valence-electron chi connectivity index (χ2n) is 5.92. The summed E-state index contributed by atoms with van der Waals surface area (Å²) in [6, 6.07) is 0.113. The maximum absolute atomic E-state index is 11.3. The molecule has 2 saturated heterocycles. The van der Waals surface area contributed by atoms with E-state index in [4.69, 9.17) is 0 Å². The lowest BCUT2D eigenvalue weighted by atomic mass is 10.0. The van der Waals surface area contributed by atoms with Gasteiger partial charge in [0.25, 0.3) is 0 Å². The summed E-state index contributed by atoms with van der Waals surface area (Å²) in [6.45, 7) is 4.75. The number of carbonyl (C=O) groups is 1. The molecule has 2 aliphatic heterocycles. The fourth-order valence-electron chi connectivity index (χ4n) is 3.61. The van der Waals surface area contributed by atoms with Gasteiger partial charge in [0.15, 0.2) is 0 Å². The quantitative estimate of drug-likeness (QED) is 0.905. The van der Waals surface area contributed by atoms with E-state index in [9.17, 15) is 9.90 Å². The molecule has 0 bridgehead atoms. The van der Waals surface area contributed by atoms with Crippen molar-refractivity contribution in [3.63, 3.8) is 0 Å². The third-order valence-electron chi connectivity index (χ3n) is 4.67. The molecule has 2 fully saturated rings. The molecule has 0 aliphatic carbocycles. The summed E-state index contributed by atoms with van der Waals surface area (Å²) in [4.78, 5) is 24.5. The van der Waals surface area contributed by atoms with Gasteiger partial charge < -0.3 is 10.0 Å². The Labute approximate surface area is 124 Å². The molecule has 1 N–H and O–H groups in total. The third kappa shape index (κ3) is 2.85. The number of piperidine rings is 1. The summed E-state index contributed by atoms with van der Waals surface area (Å²) < 4.78 is 0. The lowest BCUT2D eigenvalue weighted by molar-refractivity contribution is -0.143. The van der Waals surface area contributed by atoms with Crippen LogP contribution in [0.1, 0.15) is 31.4 Å². The van der Waals surface area contributed by atoms with Gasteiger partial charge in [0.2, 0.25) is 0 Å². The number of aromatic nitrogens is 2. The fourth-order valence-corrected chi connectivity index (χ4v) is 3.61. The van der Waals surface area contributed by atoms with Gasteiger partial charge in [-0.25, -0.2) is 4.98 Å². The zero-order valence-corrected chi connectivity index (χ0v) is 12.4. The van der Waals surface area contributed by atoms with Gasteiger partial charge in [-0.2, -0.15) is 0 Å². The standard InChI is InChI=1S/C15H22N4O2/c1-11-14(17-7-6-16-11)18-9-4-12(5-10-18)19-8-2-3-13(19)15(20)21/h6-7,12-13H,2-5,8-10H2,1H3,(H,20,21). The zero-order valence-electron chi connectivity index (χ0n) is 12.4. The first-order valence-electron chi connectivity index (χ1n) is 7.68. The van der Waals surface area contributed by atoms with Crippen molar-refractivity contribution in [3.05, 3.63) is 18.1 Å². The van der Waals surface area contributed by atoms with Gasteiger partial charge in [-0.3, -0.25) is 14.7 Å². The van der Waals surface area contributed by atoms with Crippen molar-refractivity contribution in [2.45, 2.75) is 44.7 Å². The molecule has 21 heavy (non-hydrogen) atoms. The molecule has 1 aromatic rings. The molecular formula is C15H22N4O2. The van der Waals surface area contributed by atoms with Crippen LogP contribution < -0.4 is 4.90 Å². The van der Waals surface area contributed by atoms with Crippen LogP contribution in [-0.4, -0.2) is 57.7 Å². The smallest absolute Gasteiger partial charge is 0.320 e. The van der Waals surface area contributed by atoms with Crippen LogP contribution in [0.3, 0.4) is 0 Å². The average Bonchev–Trinajstić information content (AvgIpc) is 2.98. The minimum absolute atomic E-state index is 0.278. The van der Waals surface area contributed by atoms with Crippen molar-refractivity contribution >= 4 is 11.8 Å². The molecule has 0 aromatic carbocycles. The number of likely N-dealkylation sites (tertiary alicyclic amines) is 1. The molecule has 114 valence electrons. The summed E-state index contributed by atoms with van der Waals surface area (Å²) in [5, 5.41) is 9.31. The monoisotopic (exact) mass is 290 g/mol. The van der Waals surface area contributed by atoms with E-state index in [1.54, 1.807) is 12.4 Å². The van der Waals surface area contributed by atoms with Crippen LogP contribution in [0.4, 0.5) is 5.82 Å². The van der Waals surface area contributed by atoms with E-state index in [2.05, 4.69) is 19.8 Å². The molecule has 1 atom stereocenters. The molecule has 3 heterocycles. The summed E-state index contributed by atoms with van der Waals surface area (Å²) in [5.41, 5.74) is 0.959. The normalized spacial score (nSPS) is 24.4. The highest BCUT2D eigenvalue weighted by Crippen LogP contribution is 2.28. The molecule has 0 amide bonds. The Bertz CT molecular complexity index is 514. The second kappa shape index (κ2) is 5.97. The van der Waals surface area contributed by atoms with Gasteiger partial charge in [-0.15, -0.1) is 0 Å². The van der Waals surface area contributed by atoms with Gasteiger partial charge in [-0.1, -0.05) is 0 Å². The van der Waals surface area contributed by atoms with Crippen LogP contribution >= 0.6 is 0 Å². The Morgan fingerprint density at radius 1 is 1.19 bits per heavy atom. The van der Waals surface area contributed by atoms with E-state index in [-0.39, 0.29) is 6.04 Å². The van der Waals surface area contributed by atoms with Crippen LogP contribution in [0, 0.1) is 6.92 Å². The van der Waals surface area contributed by atoms with Crippen LogP contribution in [0.5, 0.6) is 0 Å². The number of anilines is 1. The number of carboxylic acids is 1. The predicted octanol–water partition coefficient (Wildman–Crippen LogP) is 1.30. The molecular weight excluding hydrogens is 268 g/mol. The molecule has 3 rings (SSSR count). The zero-order chi connectivity index (χ0) is 14.8. The van der Waals surface area contributed by atoms with Crippen molar-refractivity contribution in [3.8, 4) is 0 Å². The van der Waals surface area contributed by atoms with Crippen molar-refractivity contribution in [1.29, 1.82) is 0 Å². The van der Waals surface area contributed by atoms with E-state index >= 15 is 0 Å². The highest BCUT2D eigenvalue weighted by Gasteiger charge is 2.36. The van der Waals surface area contributed by atoms with E-state index in [0.717, 1.165) is 56.8 Å². The minimum atomic E-state index is -0.667. The molecule has 6 nitrogen and oxygen atoms in total. The number of nitrogens with zero attached hydrogens (tertiary/aromatic N) is 4. The minimum Gasteiger partial charge on any atom is -0.480 e. The summed E-state index contributed by atoms with van der Waals surface area (Å²) in [7, 11) is 0. The molecule has 0 saturated carbocycles. The molecule has 0 spiro atoms. The van der Waals surface area contributed by atoms with E-state index in [1.165, 1.54) is 0 Å². The van der Waals surface area contributed by atoms with Crippen molar-refractivity contribution in [1.82, 2.24) is 14.9 Å². The number of rotatable bonds is 3. The first-order valence-corrected chi connectivity index (χ1v) is 7.68. The maximum atomic E-state index is 11.3. The van der Waals surface area contributed by atoms with Crippen molar-refractivity contribution in [2.75, 3.05) is 24.5 Å². The molecule has 1 aromatic heterocycles.